The van der Waals surface area contributed by atoms with Crippen LogP contribution in [0.15, 0.2) is 63.0 Å². The van der Waals surface area contributed by atoms with Crippen LogP contribution < -0.4 is 20.7 Å². The minimum atomic E-state index is -3.64. The van der Waals surface area contributed by atoms with Gasteiger partial charge in [0.05, 0.1) is 25.3 Å². The van der Waals surface area contributed by atoms with Gasteiger partial charge in [-0.15, -0.1) is 23.1 Å². The highest BCUT2D eigenvalue weighted by atomic mass is 32.2. The summed E-state index contributed by atoms with van der Waals surface area (Å²) in [6, 6.07) is 14.6. The molecule has 13 heteroatoms. The number of rotatable bonds is 11. The maximum absolute atomic E-state index is 13.6. The largest absolute Gasteiger partial charge is 0.497 e. The molecule has 0 saturated carbocycles. The number of methoxy groups -OCH3 is 1. The predicted octanol–water partition coefficient (Wildman–Crippen LogP) is 3.19. The van der Waals surface area contributed by atoms with Crippen molar-refractivity contribution in [3.8, 4) is 16.2 Å². The zero-order valence-corrected chi connectivity index (χ0v) is 23.9. The van der Waals surface area contributed by atoms with Crippen LogP contribution in [-0.2, 0) is 34.5 Å². The summed E-state index contributed by atoms with van der Waals surface area (Å²) >= 11 is 2.79. The van der Waals surface area contributed by atoms with Crippen LogP contribution >= 0.6 is 23.1 Å². The number of carbonyl (C=O) groups is 1. The van der Waals surface area contributed by atoms with Crippen LogP contribution in [0.3, 0.4) is 0 Å². The number of carboxylic acid groups (broad SMARTS) is 1. The lowest BCUT2D eigenvalue weighted by molar-refractivity contribution is -0.137. The first-order valence-corrected chi connectivity index (χ1v) is 15.5. The fourth-order valence-corrected chi connectivity index (χ4v) is 6.70. The Labute approximate surface area is 232 Å². The van der Waals surface area contributed by atoms with E-state index in [1.165, 1.54) is 23.0 Å². The molecule has 2 aromatic heterocycles. The van der Waals surface area contributed by atoms with Crippen LogP contribution in [0.5, 0.6) is 5.75 Å². The highest BCUT2D eigenvalue weighted by molar-refractivity contribution is 7.99. The highest BCUT2D eigenvalue weighted by Gasteiger charge is 2.25. The molecule has 0 unspecified atom stereocenters. The molecule has 39 heavy (non-hydrogen) atoms. The summed E-state index contributed by atoms with van der Waals surface area (Å²) in [5, 5.41) is 9.58. The van der Waals surface area contributed by atoms with Gasteiger partial charge in [0.2, 0.25) is 10.0 Å². The molecule has 0 aliphatic rings. The number of nitrogens with one attached hydrogen (secondary N) is 1. The van der Waals surface area contributed by atoms with Crippen molar-refractivity contribution in [1.82, 2.24) is 13.9 Å². The fourth-order valence-electron chi connectivity index (χ4n) is 4.18. The number of nitrogens with zero attached hydrogens (tertiary/aromatic N) is 2. The van der Waals surface area contributed by atoms with Gasteiger partial charge in [-0.05, 0) is 47.2 Å². The smallest absolute Gasteiger partial charge is 0.332 e. The molecular formula is C26H27N3O7S3. The van der Waals surface area contributed by atoms with E-state index in [0.29, 0.717) is 31.2 Å². The maximum atomic E-state index is 13.6. The van der Waals surface area contributed by atoms with Crippen LogP contribution in [0.25, 0.3) is 20.7 Å². The van der Waals surface area contributed by atoms with Crippen molar-refractivity contribution >= 4 is 49.3 Å². The Morgan fingerprint density at radius 1 is 1.10 bits per heavy atom. The second kappa shape index (κ2) is 11.8. The van der Waals surface area contributed by atoms with Crippen molar-refractivity contribution in [3.05, 3.63) is 80.5 Å². The van der Waals surface area contributed by atoms with Gasteiger partial charge in [-0.25, -0.2) is 22.5 Å². The summed E-state index contributed by atoms with van der Waals surface area (Å²) in [5.74, 6) is 0.0757. The van der Waals surface area contributed by atoms with E-state index in [1.807, 2.05) is 31.2 Å². The third-order valence-electron chi connectivity index (χ3n) is 5.91. The fraction of sp³-hybridized carbons (Fsp3) is 0.269. The van der Waals surface area contributed by atoms with Gasteiger partial charge in [-0.2, -0.15) is 0 Å². The van der Waals surface area contributed by atoms with Crippen molar-refractivity contribution in [2.24, 2.45) is 0 Å². The molecular weight excluding hydrogens is 563 g/mol. The van der Waals surface area contributed by atoms with E-state index >= 15 is 0 Å². The highest BCUT2D eigenvalue weighted by Crippen LogP contribution is 2.38. The molecule has 0 bridgehead atoms. The molecule has 2 N–H and O–H groups in total. The van der Waals surface area contributed by atoms with Crippen molar-refractivity contribution in [2.45, 2.75) is 31.5 Å². The number of sulfonamides is 1. The van der Waals surface area contributed by atoms with E-state index < -0.39 is 33.8 Å². The standard InChI is InChI=1S/C26H27N3O7S3/c1-4-37-20-8-6-5-7-17(20)14-29-25-22(24(32)28(26(29)33)15-21(30)31)19(13-27-39(3,34)35)23(38-25)16-9-11-18(36-2)12-10-16/h5-12,27H,4,13-15H2,1-3H3,(H,30,31). The Kier molecular flexibility index (Phi) is 8.64. The first-order chi connectivity index (χ1) is 18.5. The Hall–Kier alpha value is -3.39. The average molecular weight is 590 g/mol. The quantitative estimate of drug-likeness (QED) is 0.255. The van der Waals surface area contributed by atoms with Gasteiger partial charge in [0, 0.05) is 21.9 Å². The summed E-state index contributed by atoms with van der Waals surface area (Å²) < 4.78 is 33.8. The summed E-state index contributed by atoms with van der Waals surface area (Å²) in [7, 11) is -2.10. The van der Waals surface area contributed by atoms with E-state index in [-0.39, 0.29) is 18.5 Å². The van der Waals surface area contributed by atoms with Crippen LogP contribution in [0.1, 0.15) is 18.1 Å². The summed E-state index contributed by atoms with van der Waals surface area (Å²) in [6.45, 7) is 1.06. The average Bonchev–Trinajstić information content (AvgIpc) is 3.28. The molecule has 2 heterocycles. The molecule has 4 aromatic rings. The van der Waals surface area contributed by atoms with Crippen molar-refractivity contribution in [3.63, 3.8) is 0 Å². The normalized spacial score (nSPS) is 11.7. The monoisotopic (exact) mass is 589 g/mol. The SMILES string of the molecule is CCSc1ccccc1Cn1c(=O)n(CC(=O)O)c(=O)c2c(CNS(C)(=O)=O)c(-c3ccc(OC)cc3)sc21. The van der Waals surface area contributed by atoms with Gasteiger partial charge in [-0.1, -0.05) is 25.1 Å². The van der Waals surface area contributed by atoms with E-state index in [1.54, 1.807) is 36.0 Å². The second-order valence-corrected chi connectivity index (χ2v) is 12.7. The van der Waals surface area contributed by atoms with E-state index in [2.05, 4.69) is 4.72 Å². The number of aromatic nitrogens is 2. The molecule has 0 aliphatic carbocycles. The number of hydrogen-bond acceptors (Lipinski definition) is 8. The molecule has 0 radical (unpaired) electrons. The number of benzene rings is 2. The maximum Gasteiger partial charge on any atom is 0.332 e. The molecule has 2 aromatic carbocycles. The van der Waals surface area contributed by atoms with Gasteiger partial charge in [0.25, 0.3) is 5.56 Å². The lowest BCUT2D eigenvalue weighted by Crippen LogP contribution is -2.41. The lowest BCUT2D eigenvalue weighted by Gasteiger charge is -2.14. The van der Waals surface area contributed by atoms with Crippen LogP contribution in [-0.4, -0.2) is 47.7 Å². The first kappa shape index (κ1) is 28.6. The molecule has 0 saturated heterocycles. The molecule has 0 aliphatic heterocycles. The van der Waals surface area contributed by atoms with Gasteiger partial charge >= 0.3 is 11.7 Å². The number of fused-ring (bicyclic) bond motifs is 1. The van der Waals surface area contributed by atoms with E-state index in [0.717, 1.165) is 22.5 Å². The Balaban J connectivity index is 2.06. The Morgan fingerprint density at radius 2 is 1.79 bits per heavy atom. The molecule has 206 valence electrons. The zero-order chi connectivity index (χ0) is 28.3. The van der Waals surface area contributed by atoms with Crippen LogP contribution in [0, 0.1) is 0 Å². The molecule has 0 fully saturated rings. The second-order valence-electron chi connectivity index (χ2n) is 8.61. The number of ether oxygens (including phenoxy) is 1. The van der Waals surface area contributed by atoms with Crippen molar-refractivity contribution < 1.29 is 23.1 Å². The van der Waals surface area contributed by atoms with Gasteiger partial charge in [0.1, 0.15) is 17.1 Å². The lowest BCUT2D eigenvalue weighted by atomic mass is 10.1. The van der Waals surface area contributed by atoms with Crippen LogP contribution in [0.2, 0.25) is 0 Å². The summed E-state index contributed by atoms with van der Waals surface area (Å²) in [6.07, 6.45) is 1.01. The topological polar surface area (TPSA) is 137 Å². The van der Waals surface area contributed by atoms with E-state index in [4.69, 9.17) is 4.74 Å². The van der Waals surface area contributed by atoms with Gasteiger partial charge < -0.3 is 9.84 Å². The Morgan fingerprint density at radius 3 is 2.41 bits per heavy atom. The Bertz CT molecular complexity index is 1750. The molecule has 4 rings (SSSR count). The number of hydrogen-bond donors (Lipinski definition) is 2. The first-order valence-electron chi connectivity index (χ1n) is 11.8. The number of carboxylic acids is 1. The third kappa shape index (κ3) is 6.27. The minimum absolute atomic E-state index is 0.0971. The third-order valence-corrected chi connectivity index (χ3v) is 8.88. The molecule has 0 spiro atoms. The molecule has 0 atom stereocenters. The number of aliphatic carboxylic acids is 1. The van der Waals surface area contributed by atoms with Gasteiger partial charge in [0.15, 0.2) is 0 Å². The number of thiophene rings is 1. The van der Waals surface area contributed by atoms with Crippen molar-refractivity contribution in [2.75, 3.05) is 19.1 Å². The molecule has 10 nitrogen and oxygen atoms in total. The number of thioether (sulfide) groups is 1. The van der Waals surface area contributed by atoms with Gasteiger partial charge in [-0.3, -0.25) is 14.2 Å². The zero-order valence-electron chi connectivity index (χ0n) is 21.5. The van der Waals surface area contributed by atoms with Crippen LogP contribution in [0.4, 0.5) is 0 Å². The van der Waals surface area contributed by atoms with E-state index in [9.17, 15) is 27.9 Å². The predicted molar refractivity (Wildman–Crippen MR) is 154 cm³/mol. The summed E-state index contributed by atoms with van der Waals surface area (Å²) in [5.41, 5.74) is 0.346. The summed E-state index contributed by atoms with van der Waals surface area (Å²) in [4.78, 5) is 40.8. The minimum Gasteiger partial charge on any atom is -0.497 e. The van der Waals surface area contributed by atoms with Crippen molar-refractivity contribution in [1.29, 1.82) is 0 Å². The molecule has 0 amide bonds.